The molecule has 4 atom stereocenters. The minimum atomic E-state index is -0.506. The molecule has 2 fully saturated rings. The molecule has 2 aliphatic rings. The summed E-state index contributed by atoms with van der Waals surface area (Å²) in [7, 11) is 0. The van der Waals surface area contributed by atoms with Crippen LogP contribution in [0.1, 0.15) is 40.0 Å². The summed E-state index contributed by atoms with van der Waals surface area (Å²) in [5.74, 6) is 0.766. The maximum absolute atomic E-state index is 10.5. The molecule has 0 saturated heterocycles. The SMILES string of the molecule is CC1(C)[C@H]2CC[C@]1(C)[C@H](OC[C@H](O)Cn1cnc3ccccc31)C2. The molecular weight excluding hydrogens is 300 g/mol. The first kappa shape index (κ1) is 16.1. The molecule has 0 spiro atoms. The Morgan fingerprint density at radius 2 is 2.12 bits per heavy atom. The number of fused-ring (bicyclic) bond motifs is 3. The highest BCUT2D eigenvalue weighted by atomic mass is 16.5. The fraction of sp³-hybridized carbons (Fsp3) is 0.650. The zero-order valence-corrected chi connectivity index (χ0v) is 14.9. The minimum Gasteiger partial charge on any atom is -0.389 e. The summed E-state index contributed by atoms with van der Waals surface area (Å²) in [4.78, 5) is 4.38. The van der Waals surface area contributed by atoms with Gasteiger partial charge < -0.3 is 14.4 Å². The predicted octanol–water partition coefficient (Wildman–Crippen LogP) is 3.63. The molecule has 0 amide bonds. The van der Waals surface area contributed by atoms with Crippen LogP contribution in [-0.4, -0.2) is 33.5 Å². The predicted molar refractivity (Wildman–Crippen MR) is 94.7 cm³/mol. The van der Waals surface area contributed by atoms with Crippen LogP contribution in [0.4, 0.5) is 0 Å². The second-order valence-electron chi connectivity index (χ2n) is 8.47. The largest absolute Gasteiger partial charge is 0.389 e. The van der Waals surface area contributed by atoms with Gasteiger partial charge in [-0.1, -0.05) is 32.9 Å². The Morgan fingerprint density at radius 3 is 2.83 bits per heavy atom. The third-order valence-electron chi connectivity index (χ3n) is 7.14. The highest BCUT2D eigenvalue weighted by Gasteiger charge is 2.61. The fourth-order valence-electron chi connectivity index (χ4n) is 5.05. The summed E-state index contributed by atoms with van der Waals surface area (Å²) in [5, 5.41) is 10.5. The van der Waals surface area contributed by atoms with Gasteiger partial charge in [-0.15, -0.1) is 0 Å². The van der Waals surface area contributed by atoms with Gasteiger partial charge in [-0.3, -0.25) is 0 Å². The summed E-state index contributed by atoms with van der Waals surface area (Å²) >= 11 is 0. The van der Waals surface area contributed by atoms with E-state index in [4.69, 9.17) is 4.74 Å². The van der Waals surface area contributed by atoms with Gasteiger partial charge in [0.15, 0.2) is 0 Å². The molecule has 130 valence electrons. The van der Waals surface area contributed by atoms with Crippen molar-refractivity contribution in [3.8, 4) is 0 Å². The van der Waals surface area contributed by atoms with E-state index in [1.54, 1.807) is 6.33 Å². The van der Waals surface area contributed by atoms with E-state index < -0.39 is 6.10 Å². The van der Waals surface area contributed by atoms with Crippen LogP contribution in [0.3, 0.4) is 0 Å². The van der Waals surface area contributed by atoms with Gasteiger partial charge in [-0.2, -0.15) is 0 Å². The van der Waals surface area contributed by atoms with Gasteiger partial charge >= 0.3 is 0 Å². The molecule has 0 radical (unpaired) electrons. The number of nitrogens with zero attached hydrogens (tertiary/aromatic N) is 2. The van der Waals surface area contributed by atoms with Gasteiger partial charge in [-0.25, -0.2) is 4.98 Å². The number of rotatable bonds is 5. The molecular formula is C20H28N2O2. The van der Waals surface area contributed by atoms with Crippen molar-refractivity contribution in [2.24, 2.45) is 16.7 Å². The molecule has 1 aromatic heterocycles. The van der Waals surface area contributed by atoms with E-state index in [9.17, 15) is 5.11 Å². The quantitative estimate of drug-likeness (QED) is 0.912. The van der Waals surface area contributed by atoms with Crippen molar-refractivity contribution in [2.45, 2.75) is 58.8 Å². The van der Waals surface area contributed by atoms with Crippen LogP contribution in [0.15, 0.2) is 30.6 Å². The first-order valence-electron chi connectivity index (χ1n) is 9.11. The second kappa shape index (κ2) is 5.57. The van der Waals surface area contributed by atoms with Gasteiger partial charge in [-0.05, 0) is 48.1 Å². The first-order chi connectivity index (χ1) is 11.4. The molecule has 1 heterocycles. The number of benzene rings is 1. The second-order valence-corrected chi connectivity index (χ2v) is 8.47. The lowest BCUT2D eigenvalue weighted by molar-refractivity contribution is -0.0771. The summed E-state index contributed by atoms with van der Waals surface area (Å²) in [6, 6.07) is 8.01. The topological polar surface area (TPSA) is 47.3 Å². The number of hydrogen-bond acceptors (Lipinski definition) is 3. The summed E-state index contributed by atoms with van der Waals surface area (Å²) in [6.07, 6.45) is 5.29. The Hall–Kier alpha value is -1.39. The van der Waals surface area contributed by atoms with E-state index in [0.717, 1.165) is 23.4 Å². The average Bonchev–Trinajstić information content (AvgIpc) is 3.12. The lowest BCUT2D eigenvalue weighted by Crippen LogP contribution is -2.38. The van der Waals surface area contributed by atoms with Crippen LogP contribution in [0.2, 0.25) is 0 Å². The van der Waals surface area contributed by atoms with Crippen LogP contribution in [-0.2, 0) is 11.3 Å². The Morgan fingerprint density at radius 1 is 1.33 bits per heavy atom. The van der Waals surface area contributed by atoms with E-state index >= 15 is 0 Å². The number of ether oxygens (including phenoxy) is 1. The normalized spacial score (nSPS) is 32.5. The van der Waals surface area contributed by atoms with Crippen molar-refractivity contribution in [1.82, 2.24) is 9.55 Å². The number of aliphatic hydroxyl groups excluding tert-OH is 1. The molecule has 1 aromatic carbocycles. The van der Waals surface area contributed by atoms with Crippen LogP contribution >= 0.6 is 0 Å². The van der Waals surface area contributed by atoms with Gasteiger partial charge in [0.05, 0.1) is 42.7 Å². The van der Waals surface area contributed by atoms with Gasteiger partial charge in [0.25, 0.3) is 0 Å². The zero-order chi connectivity index (χ0) is 16.9. The van der Waals surface area contributed by atoms with Crippen molar-refractivity contribution in [1.29, 1.82) is 0 Å². The fourth-order valence-corrected chi connectivity index (χ4v) is 5.05. The van der Waals surface area contributed by atoms with Crippen molar-refractivity contribution in [3.05, 3.63) is 30.6 Å². The van der Waals surface area contributed by atoms with Crippen molar-refractivity contribution >= 4 is 11.0 Å². The van der Waals surface area contributed by atoms with Gasteiger partial charge in [0.1, 0.15) is 0 Å². The van der Waals surface area contributed by atoms with Crippen LogP contribution in [0, 0.1) is 16.7 Å². The number of para-hydroxylation sites is 2. The van der Waals surface area contributed by atoms with Crippen molar-refractivity contribution < 1.29 is 9.84 Å². The molecule has 0 unspecified atom stereocenters. The number of hydrogen-bond donors (Lipinski definition) is 1. The summed E-state index contributed by atoms with van der Waals surface area (Å²) in [5.41, 5.74) is 2.62. The molecule has 4 nitrogen and oxygen atoms in total. The molecule has 24 heavy (non-hydrogen) atoms. The van der Waals surface area contributed by atoms with Crippen LogP contribution < -0.4 is 0 Å². The minimum absolute atomic E-state index is 0.249. The Balaban J connectivity index is 1.39. The maximum atomic E-state index is 10.5. The molecule has 0 aliphatic heterocycles. The van der Waals surface area contributed by atoms with E-state index in [0.29, 0.717) is 18.6 Å². The molecule has 2 bridgehead atoms. The lowest BCUT2D eigenvalue weighted by atomic mass is 9.70. The Labute approximate surface area is 143 Å². The van der Waals surface area contributed by atoms with Crippen LogP contribution in [0.5, 0.6) is 0 Å². The first-order valence-corrected chi connectivity index (χ1v) is 9.11. The number of imidazole rings is 1. The molecule has 2 saturated carbocycles. The molecule has 2 aromatic rings. The summed E-state index contributed by atoms with van der Waals surface area (Å²) in [6.45, 7) is 8.08. The van der Waals surface area contributed by atoms with Gasteiger partial charge in [0.2, 0.25) is 0 Å². The third kappa shape index (κ3) is 2.31. The highest BCUT2D eigenvalue weighted by Crippen LogP contribution is 2.66. The molecule has 4 rings (SSSR count). The highest BCUT2D eigenvalue weighted by molar-refractivity contribution is 5.74. The zero-order valence-electron chi connectivity index (χ0n) is 14.9. The van der Waals surface area contributed by atoms with E-state index in [2.05, 4.69) is 25.8 Å². The van der Waals surface area contributed by atoms with E-state index in [-0.39, 0.29) is 11.5 Å². The molecule has 1 N–H and O–H groups in total. The van der Waals surface area contributed by atoms with Crippen molar-refractivity contribution in [3.63, 3.8) is 0 Å². The summed E-state index contributed by atoms with van der Waals surface area (Å²) < 4.78 is 8.22. The average molecular weight is 328 g/mol. The standard InChI is InChI=1S/C20H28N2O2/c1-19(2)14-8-9-20(19,3)18(10-14)24-12-15(23)11-22-13-21-16-6-4-5-7-17(16)22/h4-7,13-15,18,23H,8-12H2,1-3H3/t14-,15+,18+,20+/m0/s1. The maximum Gasteiger partial charge on any atom is 0.0959 e. The van der Waals surface area contributed by atoms with Crippen LogP contribution in [0.25, 0.3) is 11.0 Å². The third-order valence-corrected chi connectivity index (χ3v) is 7.14. The Bertz CT molecular complexity index is 738. The van der Waals surface area contributed by atoms with Gasteiger partial charge in [0, 0.05) is 0 Å². The molecule has 4 heteroatoms. The lowest BCUT2D eigenvalue weighted by Gasteiger charge is -2.39. The monoisotopic (exact) mass is 328 g/mol. The smallest absolute Gasteiger partial charge is 0.0959 e. The number of aromatic nitrogens is 2. The Kier molecular flexibility index (Phi) is 3.73. The van der Waals surface area contributed by atoms with E-state index in [1.165, 1.54) is 12.8 Å². The van der Waals surface area contributed by atoms with Crippen molar-refractivity contribution in [2.75, 3.05) is 6.61 Å². The number of aliphatic hydroxyl groups is 1. The molecule has 2 aliphatic carbocycles. The van der Waals surface area contributed by atoms with E-state index in [1.807, 2.05) is 28.8 Å².